The summed E-state index contributed by atoms with van der Waals surface area (Å²) in [6.45, 7) is 3.76. The van der Waals surface area contributed by atoms with Gasteiger partial charge in [-0.05, 0) is 32.0 Å². The zero-order chi connectivity index (χ0) is 16.9. The van der Waals surface area contributed by atoms with Crippen LogP contribution in [0.2, 0.25) is 0 Å². The van der Waals surface area contributed by atoms with Gasteiger partial charge in [-0.1, -0.05) is 18.2 Å². The third-order valence-corrected chi connectivity index (χ3v) is 3.50. The minimum atomic E-state index is -1.27. The summed E-state index contributed by atoms with van der Waals surface area (Å²) in [7, 11) is 1.58. The number of methoxy groups -OCH3 is 1. The van der Waals surface area contributed by atoms with Crippen molar-refractivity contribution in [2.45, 2.75) is 26.0 Å². The van der Waals surface area contributed by atoms with Gasteiger partial charge >= 0.3 is 6.03 Å². The van der Waals surface area contributed by atoms with Gasteiger partial charge < -0.3 is 24.9 Å². The molecule has 0 aliphatic heterocycles. The topological polar surface area (TPSA) is 83.7 Å². The Hall–Kier alpha value is -2.47. The Morgan fingerprint density at radius 1 is 1.26 bits per heavy atom. The van der Waals surface area contributed by atoms with Crippen LogP contribution in [-0.2, 0) is 12.1 Å². The molecule has 2 rings (SSSR count). The molecule has 1 aromatic heterocycles. The quantitative estimate of drug-likeness (QED) is 0.763. The Morgan fingerprint density at radius 3 is 2.65 bits per heavy atom. The maximum absolute atomic E-state index is 11.9. The fourth-order valence-electron chi connectivity index (χ4n) is 2.15. The molecule has 1 aromatic carbocycles. The van der Waals surface area contributed by atoms with Gasteiger partial charge in [-0.25, -0.2) is 4.79 Å². The summed E-state index contributed by atoms with van der Waals surface area (Å²) in [5.41, 5.74) is -0.394. The first-order valence-electron chi connectivity index (χ1n) is 7.35. The lowest BCUT2D eigenvalue weighted by molar-refractivity contribution is 0.0359. The van der Waals surface area contributed by atoms with E-state index in [-0.39, 0.29) is 12.6 Å². The molecule has 2 amide bonds. The van der Waals surface area contributed by atoms with E-state index in [1.165, 1.54) is 0 Å². The van der Waals surface area contributed by atoms with E-state index < -0.39 is 5.60 Å². The third-order valence-electron chi connectivity index (χ3n) is 3.50. The Morgan fingerprint density at radius 2 is 2.00 bits per heavy atom. The molecule has 124 valence electrons. The van der Waals surface area contributed by atoms with E-state index in [9.17, 15) is 9.90 Å². The number of hydrogen-bond donors (Lipinski definition) is 3. The number of carbonyl (C=O) groups is 1. The monoisotopic (exact) mass is 318 g/mol. The number of benzene rings is 1. The highest BCUT2D eigenvalue weighted by atomic mass is 16.5. The fourth-order valence-corrected chi connectivity index (χ4v) is 2.15. The first-order chi connectivity index (χ1) is 10.9. The molecule has 0 aliphatic carbocycles. The molecule has 0 spiro atoms. The van der Waals surface area contributed by atoms with Gasteiger partial charge in [0.25, 0.3) is 0 Å². The molecule has 23 heavy (non-hydrogen) atoms. The lowest BCUT2D eigenvalue weighted by atomic mass is 10.0. The van der Waals surface area contributed by atoms with Gasteiger partial charge in [0.1, 0.15) is 22.9 Å². The molecule has 3 N–H and O–H groups in total. The minimum absolute atomic E-state index is 0.0394. The maximum atomic E-state index is 11.9. The molecule has 0 saturated heterocycles. The Labute approximate surface area is 135 Å². The Kier molecular flexibility index (Phi) is 5.28. The van der Waals surface area contributed by atoms with Gasteiger partial charge in [0.15, 0.2) is 0 Å². The van der Waals surface area contributed by atoms with Crippen molar-refractivity contribution in [2.75, 3.05) is 13.7 Å². The largest absolute Gasteiger partial charge is 0.496 e. The summed E-state index contributed by atoms with van der Waals surface area (Å²) < 4.78 is 10.6. The van der Waals surface area contributed by atoms with E-state index in [2.05, 4.69) is 10.6 Å². The highest BCUT2D eigenvalue weighted by Gasteiger charge is 2.27. The van der Waals surface area contributed by atoms with Crippen molar-refractivity contribution in [1.29, 1.82) is 0 Å². The lowest BCUT2D eigenvalue weighted by Crippen LogP contribution is -2.43. The van der Waals surface area contributed by atoms with Crippen molar-refractivity contribution < 1.29 is 19.1 Å². The number of nitrogens with one attached hydrogen (secondary N) is 2. The molecule has 1 heterocycles. The Bertz CT molecular complexity index is 664. The average Bonchev–Trinajstić information content (AvgIpc) is 2.98. The zero-order valence-corrected chi connectivity index (χ0v) is 13.6. The average molecular weight is 318 g/mol. The number of urea groups is 1. The number of furan rings is 1. The van der Waals surface area contributed by atoms with Crippen molar-refractivity contribution in [3.05, 3.63) is 53.5 Å². The number of amides is 2. The van der Waals surface area contributed by atoms with Crippen molar-refractivity contribution in [2.24, 2.45) is 0 Å². The van der Waals surface area contributed by atoms with Gasteiger partial charge in [0.2, 0.25) is 0 Å². The van der Waals surface area contributed by atoms with Crippen LogP contribution in [0.25, 0.3) is 0 Å². The second-order valence-electron chi connectivity index (χ2n) is 5.53. The zero-order valence-electron chi connectivity index (χ0n) is 13.6. The van der Waals surface area contributed by atoms with Crippen molar-refractivity contribution >= 4 is 6.03 Å². The van der Waals surface area contributed by atoms with Crippen LogP contribution < -0.4 is 15.4 Å². The molecule has 1 atom stereocenters. The SMILES string of the molecule is COc1ccccc1CNC(=O)NCC(C)(O)c1ccc(C)o1. The first kappa shape index (κ1) is 16.9. The second kappa shape index (κ2) is 7.19. The minimum Gasteiger partial charge on any atom is -0.496 e. The Balaban J connectivity index is 1.85. The molecular weight excluding hydrogens is 296 g/mol. The normalized spacial score (nSPS) is 13.2. The summed E-state index contributed by atoms with van der Waals surface area (Å²) in [5.74, 6) is 1.84. The number of aliphatic hydroxyl groups is 1. The van der Waals surface area contributed by atoms with Crippen LogP contribution in [0.15, 0.2) is 40.8 Å². The fraction of sp³-hybridized carbons (Fsp3) is 0.353. The van der Waals surface area contributed by atoms with Crippen molar-refractivity contribution in [1.82, 2.24) is 10.6 Å². The van der Waals surface area contributed by atoms with Gasteiger partial charge in [0.05, 0.1) is 13.7 Å². The van der Waals surface area contributed by atoms with Crippen molar-refractivity contribution in [3.63, 3.8) is 0 Å². The molecule has 2 aromatic rings. The van der Waals surface area contributed by atoms with Crippen LogP contribution in [0.1, 0.15) is 24.0 Å². The van der Waals surface area contributed by atoms with E-state index in [1.54, 1.807) is 33.1 Å². The summed E-state index contributed by atoms with van der Waals surface area (Å²) >= 11 is 0. The lowest BCUT2D eigenvalue weighted by Gasteiger charge is -2.21. The van der Waals surface area contributed by atoms with E-state index in [1.807, 2.05) is 24.3 Å². The summed E-state index contributed by atoms with van der Waals surface area (Å²) in [5, 5.41) is 15.7. The summed E-state index contributed by atoms with van der Waals surface area (Å²) in [6.07, 6.45) is 0. The molecule has 0 bridgehead atoms. The first-order valence-corrected chi connectivity index (χ1v) is 7.35. The number of ether oxygens (including phenoxy) is 1. The highest BCUT2D eigenvalue weighted by Crippen LogP contribution is 2.22. The van der Waals surface area contributed by atoms with E-state index in [0.717, 1.165) is 5.56 Å². The third kappa shape index (κ3) is 4.50. The standard InChI is InChI=1S/C17H22N2O4/c1-12-8-9-15(23-12)17(2,21)11-19-16(20)18-10-13-6-4-5-7-14(13)22-3/h4-9,21H,10-11H2,1-3H3,(H2,18,19,20). The van der Waals surface area contributed by atoms with Gasteiger partial charge in [-0.3, -0.25) is 0 Å². The molecular formula is C17H22N2O4. The van der Waals surface area contributed by atoms with Crippen LogP contribution in [0.4, 0.5) is 4.79 Å². The highest BCUT2D eigenvalue weighted by molar-refractivity contribution is 5.74. The van der Waals surface area contributed by atoms with E-state index in [0.29, 0.717) is 23.8 Å². The molecule has 0 fully saturated rings. The number of carbonyl (C=O) groups excluding carboxylic acids is 1. The van der Waals surface area contributed by atoms with Crippen LogP contribution in [0.5, 0.6) is 5.75 Å². The molecule has 6 nitrogen and oxygen atoms in total. The molecule has 1 unspecified atom stereocenters. The number of para-hydroxylation sites is 1. The van der Waals surface area contributed by atoms with Gasteiger partial charge in [-0.15, -0.1) is 0 Å². The van der Waals surface area contributed by atoms with Gasteiger partial charge in [0, 0.05) is 12.1 Å². The predicted molar refractivity (Wildman–Crippen MR) is 86.2 cm³/mol. The molecule has 0 radical (unpaired) electrons. The van der Waals surface area contributed by atoms with Crippen LogP contribution in [-0.4, -0.2) is 24.8 Å². The van der Waals surface area contributed by atoms with Crippen molar-refractivity contribution in [3.8, 4) is 5.75 Å². The second-order valence-corrected chi connectivity index (χ2v) is 5.53. The smallest absolute Gasteiger partial charge is 0.315 e. The van der Waals surface area contributed by atoms with Crippen LogP contribution in [0, 0.1) is 6.92 Å². The van der Waals surface area contributed by atoms with E-state index in [4.69, 9.17) is 9.15 Å². The number of rotatable bonds is 6. The maximum Gasteiger partial charge on any atom is 0.315 e. The van der Waals surface area contributed by atoms with Crippen LogP contribution in [0.3, 0.4) is 0 Å². The molecule has 6 heteroatoms. The summed E-state index contributed by atoms with van der Waals surface area (Å²) in [6, 6.07) is 10.5. The van der Waals surface area contributed by atoms with E-state index >= 15 is 0 Å². The van der Waals surface area contributed by atoms with Crippen LogP contribution >= 0.6 is 0 Å². The molecule has 0 saturated carbocycles. The number of hydrogen-bond acceptors (Lipinski definition) is 4. The predicted octanol–water partition coefficient (Wildman–Crippen LogP) is 2.30. The number of aryl methyl sites for hydroxylation is 1. The summed E-state index contributed by atoms with van der Waals surface area (Å²) in [4.78, 5) is 11.9. The molecule has 0 aliphatic rings. The van der Waals surface area contributed by atoms with Gasteiger partial charge in [-0.2, -0.15) is 0 Å².